The fourth-order valence-electron chi connectivity index (χ4n) is 2.24. The predicted molar refractivity (Wildman–Crippen MR) is 89.8 cm³/mol. The molecule has 1 amide bonds. The molecule has 126 valence electrons. The van der Waals surface area contributed by atoms with E-state index in [0.29, 0.717) is 5.56 Å². The summed E-state index contributed by atoms with van der Waals surface area (Å²) in [6, 6.07) is 16.3. The zero-order chi connectivity index (χ0) is 17.6. The lowest BCUT2D eigenvalue weighted by Crippen LogP contribution is -2.43. The molecule has 0 radical (unpaired) electrons. The molecular weight excluding hydrogens is 329 g/mol. The van der Waals surface area contributed by atoms with E-state index < -0.39 is 31.5 Å². The number of amides is 1. The van der Waals surface area contributed by atoms with E-state index in [1.807, 2.05) is 6.07 Å². The third-order valence-corrected chi connectivity index (χ3v) is 4.10. The maximum atomic E-state index is 12.3. The Morgan fingerprint density at radius 1 is 0.958 bits per heavy atom. The Morgan fingerprint density at radius 2 is 1.50 bits per heavy atom. The van der Waals surface area contributed by atoms with Crippen LogP contribution in [0.4, 0.5) is 0 Å². The van der Waals surface area contributed by atoms with Crippen LogP contribution in [0.2, 0.25) is 0 Å². The predicted octanol–water partition coefficient (Wildman–Crippen LogP) is 1.77. The molecule has 0 saturated carbocycles. The number of benzene rings is 2. The van der Waals surface area contributed by atoms with Crippen molar-refractivity contribution in [2.24, 2.45) is 0 Å². The Kier molecular flexibility index (Phi) is 6.04. The average molecular weight is 347 g/mol. The summed E-state index contributed by atoms with van der Waals surface area (Å²) in [6.07, 6.45) is -0.738. The highest BCUT2D eigenvalue weighted by molar-refractivity contribution is 7.52. The molecule has 2 aromatic rings. The first-order valence-corrected chi connectivity index (χ1v) is 9.12. The number of Topliss-reactive ketones (excluding diaryl/α,β-unsaturated/α-hetero) is 1. The molecule has 0 aliphatic carbocycles. The second-order valence-corrected chi connectivity index (χ2v) is 7.02. The van der Waals surface area contributed by atoms with Crippen LogP contribution >= 0.6 is 7.60 Å². The minimum absolute atomic E-state index is 0.165. The van der Waals surface area contributed by atoms with Gasteiger partial charge in [0.05, 0.1) is 6.04 Å². The number of rotatable bonds is 7. The lowest BCUT2D eigenvalue weighted by molar-refractivity contribution is -0.118. The minimum Gasteiger partial charge on any atom is -0.342 e. The van der Waals surface area contributed by atoms with Gasteiger partial charge in [0.2, 0.25) is 0 Å². The maximum Gasteiger partial charge on any atom is 0.333 e. The third kappa shape index (κ3) is 5.74. The molecule has 0 aromatic heterocycles. The Bertz CT molecular complexity index is 742. The van der Waals surface area contributed by atoms with Crippen LogP contribution in [0.25, 0.3) is 0 Å². The number of nitrogens with one attached hydrogen (secondary N) is 1. The van der Waals surface area contributed by atoms with Crippen molar-refractivity contribution in [2.75, 3.05) is 6.16 Å². The standard InChI is InChI=1S/C17H18NO5P/c19-16(12-24(21,22)23)15(11-13-7-3-1-4-8-13)18-17(20)14-9-5-2-6-10-14/h1-10,15H,11-12H2,(H,18,20)(H2,21,22,23)/t15-/m0/s1. The normalized spacial score (nSPS) is 12.4. The van der Waals surface area contributed by atoms with Crippen LogP contribution in [0.15, 0.2) is 60.7 Å². The van der Waals surface area contributed by atoms with Gasteiger partial charge in [-0.1, -0.05) is 48.5 Å². The van der Waals surface area contributed by atoms with E-state index >= 15 is 0 Å². The molecule has 2 rings (SSSR count). The van der Waals surface area contributed by atoms with Crippen LogP contribution in [-0.4, -0.2) is 33.7 Å². The van der Waals surface area contributed by atoms with Gasteiger partial charge in [0, 0.05) is 5.56 Å². The molecule has 0 heterocycles. The van der Waals surface area contributed by atoms with E-state index in [0.717, 1.165) is 5.56 Å². The summed E-state index contributed by atoms with van der Waals surface area (Å²) >= 11 is 0. The first-order chi connectivity index (χ1) is 11.3. The highest BCUT2D eigenvalue weighted by atomic mass is 31.2. The lowest BCUT2D eigenvalue weighted by atomic mass is 10.0. The molecule has 0 saturated heterocycles. The van der Waals surface area contributed by atoms with E-state index in [1.54, 1.807) is 54.6 Å². The molecular formula is C17H18NO5P. The molecule has 1 atom stereocenters. The van der Waals surface area contributed by atoms with Crippen LogP contribution in [0.1, 0.15) is 15.9 Å². The fraction of sp³-hybridized carbons (Fsp3) is 0.176. The van der Waals surface area contributed by atoms with Gasteiger partial charge in [-0.05, 0) is 24.1 Å². The summed E-state index contributed by atoms with van der Waals surface area (Å²) in [7, 11) is -4.50. The smallest absolute Gasteiger partial charge is 0.333 e. The van der Waals surface area contributed by atoms with Crippen molar-refractivity contribution in [2.45, 2.75) is 12.5 Å². The van der Waals surface area contributed by atoms with Gasteiger partial charge < -0.3 is 15.1 Å². The zero-order valence-corrected chi connectivity index (χ0v) is 13.7. The molecule has 0 unspecified atom stereocenters. The molecule has 2 aromatic carbocycles. The minimum atomic E-state index is -4.50. The zero-order valence-electron chi connectivity index (χ0n) is 12.8. The molecule has 0 spiro atoms. The molecule has 3 N–H and O–H groups in total. The van der Waals surface area contributed by atoms with Crippen molar-refractivity contribution in [1.82, 2.24) is 5.32 Å². The second-order valence-electron chi connectivity index (χ2n) is 5.37. The number of hydrogen-bond acceptors (Lipinski definition) is 3. The Morgan fingerprint density at radius 3 is 2.04 bits per heavy atom. The van der Waals surface area contributed by atoms with Gasteiger partial charge in [0.15, 0.2) is 5.78 Å². The first kappa shape index (κ1) is 18.1. The van der Waals surface area contributed by atoms with E-state index in [9.17, 15) is 14.2 Å². The Labute approximate surface area is 139 Å². The van der Waals surface area contributed by atoms with Gasteiger partial charge >= 0.3 is 7.60 Å². The molecule has 0 aliphatic heterocycles. The molecule has 7 heteroatoms. The number of carbonyl (C=O) groups excluding carboxylic acids is 2. The SMILES string of the molecule is O=C(N[C@@H](Cc1ccccc1)C(=O)CP(=O)(O)O)c1ccccc1. The molecule has 0 aliphatic rings. The van der Waals surface area contributed by atoms with E-state index in [-0.39, 0.29) is 6.42 Å². The summed E-state index contributed by atoms with van der Waals surface area (Å²) in [6.45, 7) is 0. The average Bonchev–Trinajstić information content (AvgIpc) is 2.54. The van der Waals surface area contributed by atoms with Crippen LogP contribution in [-0.2, 0) is 15.8 Å². The van der Waals surface area contributed by atoms with Crippen LogP contribution in [0, 0.1) is 0 Å². The van der Waals surface area contributed by atoms with Crippen molar-refractivity contribution in [1.29, 1.82) is 0 Å². The van der Waals surface area contributed by atoms with E-state index in [1.165, 1.54) is 0 Å². The highest BCUT2D eigenvalue weighted by Crippen LogP contribution is 2.34. The first-order valence-electron chi connectivity index (χ1n) is 7.32. The lowest BCUT2D eigenvalue weighted by Gasteiger charge is -2.18. The summed E-state index contributed by atoms with van der Waals surface area (Å²) in [5.74, 6) is -1.16. The Balaban J connectivity index is 2.17. The topological polar surface area (TPSA) is 104 Å². The van der Waals surface area contributed by atoms with Gasteiger partial charge in [0.1, 0.15) is 6.16 Å². The fourth-order valence-corrected chi connectivity index (χ4v) is 2.87. The summed E-state index contributed by atoms with van der Waals surface area (Å²) in [5, 5.41) is 2.57. The van der Waals surface area contributed by atoms with Gasteiger partial charge in [-0.15, -0.1) is 0 Å². The number of carbonyl (C=O) groups is 2. The quantitative estimate of drug-likeness (QED) is 0.662. The van der Waals surface area contributed by atoms with Gasteiger partial charge in [-0.3, -0.25) is 14.2 Å². The maximum absolute atomic E-state index is 12.3. The molecule has 0 fully saturated rings. The van der Waals surface area contributed by atoms with Crippen molar-refractivity contribution >= 4 is 19.3 Å². The van der Waals surface area contributed by atoms with Gasteiger partial charge in [-0.2, -0.15) is 0 Å². The Hall–Kier alpha value is -2.27. The van der Waals surface area contributed by atoms with Crippen molar-refractivity contribution in [3.63, 3.8) is 0 Å². The summed E-state index contributed by atoms with van der Waals surface area (Å²) < 4.78 is 11.1. The monoisotopic (exact) mass is 347 g/mol. The summed E-state index contributed by atoms with van der Waals surface area (Å²) in [5.41, 5.74) is 1.16. The van der Waals surface area contributed by atoms with Crippen LogP contribution in [0.5, 0.6) is 0 Å². The van der Waals surface area contributed by atoms with E-state index in [2.05, 4.69) is 5.32 Å². The third-order valence-electron chi connectivity index (χ3n) is 3.37. The highest BCUT2D eigenvalue weighted by Gasteiger charge is 2.28. The van der Waals surface area contributed by atoms with Crippen LogP contribution in [0.3, 0.4) is 0 Å². The van der Waals surface area contributed by atoms with Crippen molar-refractivity contribution in [3.05, 3.63) is 71.8 Å². The van der Waals surface area contributed by atoms with Gasteiger partial charge in [-0.25, -0.2) is 0 Å². The van der Waals surface area contributed by atoms with Crippen LogP contribution < -0.4 is 5.32 Å². The van der Waals surface area contributed by atoms with Crippen molar-refractivity contribution in [3.8, 4) is 0 Å². The second kappa shape index (κ2) is 8.02. The van der Waals surface area contributed by atoms with E-state index in [4.69, 9.17) is 9.79 Å². The summed E-state index contributed by atoms with van der Waals surface area (Å²) in [4.78, 5) is 42.5. The van der Waals surface area contributed by atoms with Gasteiger partial charge in [0.25, 0.3) is 5.91 Å². The largest absolute Gasteiger partial charge is 0.342 e. The number of ketones is 1. The van der Waals surface area contributed by atoms with Crippen molar-refractivity contribution < 1.29 is 23.9 Å². The molecule has 0 bridgehead atoms. The molecule has 6 nitrogen and oxygen atoms in total. The number of hydrogen-bond donors (Lipinski definition) is 3. The molecule has 24 heavy (non-hydrogen) atoms.